The van der Waals surface area contributed by atoms with E-state index >= 15 is 0 Å². The van der Waals surface area contributed by atoms with E-state index in [0.29, 0.717) is 6.54 Å². The Balaban J connectivity index is 0.00000676. The molecule has 0 saturated carbocycles. The van der Waals surface area contributed by atoms with E-state index < -0.39 is 11.7 Å². The summed E-state index contributed by atoms with van der Waals surface area (Å²) in [5.74, 6) is 0.991. The van der Waals surface area contributed by atoms with Crippen molar-refractivity contribution in [1.29, 1.82) is 0 Å². The number of nitrogens with one attached hydrogen (secondary N) is 3. The van der Waals surface area contributed by atoms with E-state index in [9.17, 15) is 4.79 Å². The molecule has 1 aromatic heterocycles. The Labute approximate surface area is 180 Å². The number of aliphatic imine (C=N–C) groups is 1. The Bertz CT molecular complexity index is 553. The minimum absolute atomic E-state index is 0. The number of nitrogens with zero attached hydrogens (tertiary/aromatic N) is 2. The van der Waals surface area contributed by atoms with Gasteiger partial charge in [0.25, 0.3) is 0 Å². The lowest BCUT2D eigenvalue weighted by atomic mass is 10.1. The topological polar surface area (TPSA) is 79.7 Å². The van der Waals surface area contributed by atoms with Gasteiger partial charge in [-0.2, -0.15) is 0 Å². The quantitative estimate of drug-likeness (QED) is 0.295. The molecule has 1 rings (SSSR count). The van der Waals surface area contributed by atoms with E-state index in [1.807, 2.05) is 52.2 Å². The number of halogens is 1. The molecule has 8 heteroatoms. The van der Waals surface area contributed by atoms with Crippen LogP contribution in [0.15, 0.2) is 29.5 Å². The predicted molar refractivity (Wildman–Crippen MR) is 122 cm³/mol. The van der Waals surface area contributed by atoms with Gasteiger partial charge in [0.1, 0.15) is 5.60 Å². The first-order valence-corrected chi connectivity index (χ1v) is 9.33. The third-order valence-corrected chi connectivity index (χ3v) is 3.63. The van der Waals surface area contributed by atoms with Crippen LogP contribution in [-0.4, -0.2) is 47.9 Å². The molecule has 0 aliphatic rings. The molecule has 3 N–H and O–H groups in total. The standard InChI is InChI=1S/C19H35N5O2.HI/c1-7-20-17(21-10-13-24-11-8-9-12-24)22-14-16(15(2)3)23-18(25)26-19(4,5)6;/h8-9,11-12,15-16H,7,10,13-14H2,1-6H3,(H,23,25)(H2,20,21,22);1H. The molecule has 1 unspecified atom stereocenters. The molecule has 1 amide bonds. The second-order valence-electron chi connectivity index (χ2n) is 7.56. The molecule has 1 atom stereocenters. The summed E-state index contributed by atoms with van der Waals surface area (Å²) in [5.41, 5.74) is -0.510. The highest BCUT2D eigenvalue weighted by Gasteiger charge is 2.21. The fraction of sp³-hybridized carbons (Fsp3) is 0.684. The van der Waals surface area contributed by atoms with Crippen molar-refractivity contribution in [3.63, 3.8) is 0 Å². The lowest BCUT2D eigenvalue weighted by Crippen LogP contribution is -2.45. The predicted octanol–water partition coefficient (Wildman–Crippen LogP) is 3.21. The summed E-state index contributed by atoms with van der Waals surface area (Å²) in [7, 11) is 0. The molecule has 27 heavy (non-hydrogen) atoms. The molecule has 0 fully saturated rings. The molecule has 0 aromatic carbocycles. The van der Waals surface area contributed by atoms with Gasteiger partial charge in [-0.3, -0.25) is 4.99 Å². The summed E-state index contributed by atoms with van der Waals surface area (Å²) in [6.07, 6.45) is 3.66. The Kier molecular flexibility index (Phi) is 12.2. The maximum atomic E-state index is 12.0. The van der Waals surface area contributed by atoms with Crippen LogP contribution in [0.2, 0.25) is 0 Å². The molecule has 0 bridgehead atoms. The largest absolute Gasteiger partial charge is 0.444 e. The van der Waals surface area contributed by atoms with Crippen LogP contribution in [0.1, 0.15) is 41.5 Å². The van der Waals surface area contributed by atoms with Crippen LogP contribution in [0.3, 0.4) is 0 Å². The second kappa shape index (κ2) is 12.9. The van der Waals surface area contributed by atoms with Gasteiger partial charge in [-0.1, -0.05) is 13.8 Å². The van der Waals surface area contributed by atoms with Gasteiger partial charge in [0.2, 0.25) is 0 Å². The third kappa shape index (κ3) is 11.8. The van der Waals surface area contributed by atoms with Gasteiger partial charge in [0, 0.05) is 32.0 Å². The molecule has 156 valence electrons. The lowest BCUT2D eigenvalue weighted by Gasteiger charge is -2.25. The van der Waals surface area contributed by atoms with Crippen molar-refractivity contribution in [3.8, 4) is 0 Å². The van der Waals surface area contributed by atoms with Crippen LogP contribution < -0.4 is 16.0 Å². The van der Waals surface area contributed by atoms with Gasteiger partial charge < -0.3 is 25.3 Å². The number of rotatable bonds is 8. The van der Waals surface area contributed by atoms with E-state index in [1.54, 1.807) is 0 Å². The summed E-state index contributed by atoms with van der Waals surface area (Å²) in [4.78, 5) is 16.6. The number of hydrogen-bond donors (Lipinski definition) is 3. The van der Waals surface area contributed by atoms with Crippen molar-refractivity contribution in [1.82, 2.24) is 20.5 Å². The molecule has 0 radical (unpaired) electrons. The Morgan fingerprint density at radius 2 is 1.81 bits per heavy atom. The molecule has 0 saturated heterocycles. The van der Waals surface area contributed by atoms with E-state index in [1.165, 1.54) is 0 Å². The van der Waals surface area contributed by atoms with Crippen molar-refractivity contribution in [2.45, 2.75) is 59.7 Å². The van der Waals surface area contributed by atoms with Crippen LogP contribution in [0.4, 0.5) is 4.79 Å². The SMILES string of the molecule is CCNC(=NCC(NC(=O)OC(C)(C)C)C(C)C)NCCn1cccc1.I. The van der Waals surface area contributed by atoms with Crippen molar-refractivity contribution in [3.05, 3.63) is 24.5 Å². The van der Waals surface area contributed by atoms with E-state index in [0.717, 1.165) is 25.6 Å². The van der Waals surface area contributed by atoms with E-state index in [-0.39, 0.29) is 35.9 Å². The number of aromatic nitrogens is 1. The molecular weight excluding hydrogens is 457 g/mol. The Hall–Kier alpha value is -1.45. The normalized spacial score (nSPS) is 12.9. The molecule has 7 nitrogen and oxygen atoms in total. The lowest BCUT2D eigenvalue weighted by molar-refractivity contribution is 0.0493. The summed E-state index contributed by atoms with van der Waals surface area (Å²) in [6, 6.07) is 3.92. The van der Waals surface area contributed by atoms with Crippen LogP contribution >= 0.6 is 24.0 Å². The highest BCUT2D eigenvalue weighted by molar-refractivity contribution is 14.0. The molecule has 0 aliphatic heterocycles. The first-order chi connectivity index (χ1) is 12.2. The zero-order valence-electron chi connectivity index (χ0n) is 17.4. The van der Waals surface area contributed by atoms with Crippen LogP contribution in [0.5, 0.6) is 0 Å². The number of guanidine groups is 1. The van der Waals surface area contributed by atoms with Gasteiger partial charge in [-0.25, -0.2) is 4.79 Å². The van der Waals surface area contributed by atoms with Gasteiger partial charge >= 0.3 is 6.09 Å². The first-order valence-electron chi connectivity index (χ1n) is 9.33. The summed E-state index contributed by atoms with van der Waals surface area (Å²) in [5, 5.41) is 9.47. The number of alkyl carbamates (subject to hydrolysis) is 1. The Morgan fingerprint density at radius 1 is 1.19 bits per heavy atom. The van der Waals surface area contributed by atoms with Gasteiger partial charge in [-0.05, 0) is 45.7 Å². The van der Waals surface area contributed by atoms with E-state index in [4.69, 9.17) is 4.74 Å². The average Bonchev–Trinajstić information content (AvgIpc) is 3.02. The summed E-state index contributed by atoms with van der Waals surface area (Å²) >= 11 is 0. The fourth-order valence-corrected chi connectivity index (χ4v) is 2.24. The highest BCUT2D eigenvalue weighted by Crippen LogP contribution is 2.09. The van der Waals surface area contributed by atoms with Crippen LogP contribution in [0, 0.1) is 5.92 Å². The molecular formula is C19H36IN5O2. The maximum absolute atomic E-state index is 12.0. The summed E-state index contributed by atoms with van der Waals surface area (Å²) in [6.45, 7) is 14.6. The number of hydrogen-bond acceptors (Lipinski definition) is 3. The number of ether oxygens (including phenoxy) is 1. The van der Waals surface area contributed by atoms with Crippen LogP contribution in [-0.2, 0) is 11.3 Å². The van der Waals surface area contributed by atoms with Crippen molar-refractivity contribution in [2.75, 3.05) is 19.6 Å². The number of carbonyl (C=O) groups is 1. The molecule has 0 spiro atoms. The van der Waals surface area contributed by atoms with Crippen molar-refractivity contribution < 1.29 is 9.53 Å². The zero-order valence-corrected chi connectivity index (χ0v) is 19.7. The number of amides is 1. The fourth-order valence-electron chi connectivity index (χ4n) is 2.24. The van der Waals surface area contributed by atoms with Crippen molar-refractivity contribution in [2.24, 2.45) is 10.9 Å². The maximum Gasteiger partial charge on any atom is 0.407 e. The zero-order chi connectivity index (χ0) is 19.6. The minimum Gasteiger partial charge on any atom is -0.444 e. The Morgan fingerprint density at radius 3 is 2.33 bits per heavy atom. The van der Waals surface area contributed by atoms with E-state index in [2.05, 4.69) is 39.4 Å². The molecule has 1 heterocycles. The van der Waals surface area contributed by atoms with Gasteiger partial charge in [0.15, 0.2) is 5.96 Å². The molecule has 1 aromatic rings. The highest BCUT2D eigenvalue weighted by atomic mass is 127. The summed E-state index contributed by atoms with van der Waals surface area (Å²) < 4.78 is 7.46. The number of carbonyl (C=O) groups excluding carboxylic acids is 1. The van der Waals surface area contributed by atoms with Crippen molar-refractivity contribution >= 4 is 36.0 Å². The smallest absolute Gasteiger partial charge is 0.407 e. The van der Waals surface area contributed by atoms with Gasteiger partial charge in [-0.15, -0.1) is 24.0 Å². The molecule has 0 aliphatic carbocycles. The second-order valence-corrected chi connectivity index (χ2v) is 7.56. The van der Waals surface area contributed by atoms with Crippen LogP contribution in [0.25, 0.3) is 0 Å². The minimum atomic E-state index is -0.510. The first kappa shape index (κ1) is 25.6. The van der Waals surface area contributed by atoms with Gasteiger partial charge in [0.05, 0.1) is 12.6 Å². The monoisotopic (exact) mass is 493 g/mol. The average molecular weight is 493 g/mol. The third-order valence-electron chi connectivity index (χ3n) is 3.63.